The summed E-state index contributed by atoms with van der Waals surface area (Å²) in [5.41, 5.74) is 2.60. The van der Waals surface area contributed by atoms with Gasteiger partial charge in [0.15, 0.2) is 0 Å². The molecule has 0 aliphatic carbocycles. The number of benzene rings is 2. The van der Waals surface area contributed by atoms with Crippen molar-refractivity contribution >= 4 is 11.8 Å². The first-order valence-electron chi connectivity index (χ1n) is 7.89. The number of fused-ring (bicyclic) bond motifs is 1. The maximum atomic E-state index is 12.4. The van der Waals surface area contributed by atoms with Crippen LogP contribution in [0.4, 0.5) is 0 Å². The highest BCUT2D eigenvalue weighted by atomic mass is 16.5. The van der Waals surface area contributed by atoms with E-state index in [0.29, 0.717) is 18.7 Å². The summed E-state index contributed by atoms with van der Waals surface area (Å²) in [6, 6.07) is 14.5. The van der Waals surface area contributed by atoms with Crippen LogP contribution in [0.1, 0.15) is 28.4 Å². The number of carbonyl (C=O) groups is 2. The highest BCUT2D eigenvalue weighted by molar-refractivity contribution is 6.00. The number of ether oxygens (including phenoxy) is 1. The molecule has 1 heterocycles. The van der Waals surface area contributed by atoms with E-state index >= 15 is 0 Å². The molecule has 2 aromatic carbocycles. The molecular formula is C19H20N2O3. The summed E-state index contributed by atoms with van der Waals surface area (Å²) < 4.78 is 5.17. The number of hydrogen-bond donors (Lipinski definition) is 1. The number of carbonyl (C=O) groups excluding carboxylic acids is 2. The van der Waals surface area contributed by atoms with Gasteiger partial charge in [-0.25, -0.2) is 0 Å². The molecule has 1 atom stereocenters. The first-order chi connectivity index (χ1) is 11.6. The van der Waals surface area contributed by atoms with Gasteiger partial charge in [0.2, 0.25) is 5.91 Å². The van der Waals surface area contributed by atoms with Crippen molar-refractivity contribution < 1.29 is 14.3 Å². The van der Waals surface area contributed by atoms with Crippen LogP contribution in [0.5, 0.6) is 5.75 Å². The fourth-order valence-electron chi connectivity index (χ4n) is 2.85. The fraction of sp³-hybridized carbons (Fsp3) is 0.263. The van der Waals surface area contributed by atoms with Gasteiger partial charge in [-0.15, -0.1) is 0 Å². The standard InChI is InChI=1S/C19H20N2O3/c1-13(21-12-15-7-3-4-9-17(15)19(21)23)18(22)20-11-14-6-5-8-16(10-14)24-2/h3-10,13H,11-12H2,1-2H3,(H,20,22)/t13-/m1/s1. The number of nitrogens with zero attached hydrogens (tertiary/aromatic N) is 1. The van der Waals surface area contributed by atoms with E-state index in [9.17, 15) is 9.59 Å². The van der Waals surface area contributed by atoms with Crippen LogP contribution >= 0.6 is 0 Å². The Hall–Kier alpha value is -2.82. The van der Waals surface area contributed by atoms with Gasteiger partial charge in [0, 0.05) is 18.7 Å². The Kier molecular flexibility index (Phi) is 4.51. The van der Waals surface area contributed by atoms with E-state index in [0.717, 1.165) is 16.9 Å². The molecule has 5 heteroatoms. The van der Waals surface area contributed by atoms with Gasteiger partial charge in [-0.05, 0) is 36.2 Å². The first-order valence-corrected chi connectivity index (χ1v) is 7.89. The Labute approximate surface area is 141 Å². The van der Waals surface area contributed by atoms with Crippen molar-refractivity contribution in [3.05, 3.63) is 65.2 Å². The van der Waals surface area contributed by atoms with Crippen molar-refractivity contribution in [1.29, 1.82) is 0 Å². The van der Waals surface area contributed by atoms with Crippen LogP contribution in [0.3, 0.4) is 0 Å². The molecule has 0 saturated carbocycles. The van der Waals surface area contributed by atoms with Gasteiger partial charge >= 0.3 is 0 Å². The molecule has 0 radical (unpaired) electrons. The Morgan fingerprint density at radius 3 is 2.79 bits per heavy atom. The number of amides is 2. The maximum Gasteiger partial charge on any atom is 0.255 e. The predicted octanol–water partition coefficient (Wildman–Crippen LogP) is 2.36. The van der Waals surface area contributed by atoms with E-state index in [2.05, 4.69) is 5.32 Å². The summed E-state index contributed by atoms with van der Waals surface area (Å²) in [7, 11) is 1.61. The zero-order chi connectivity index (χ0) is 17.1. The summed E-state index contributed by atoms with van der Waals surface area (Å²) in [6.07, 6.45) is 0. The van der Waals surface area contributed by atoms with Gasteiger partial charge in [-0.1, -0.05) is 30.3 Å². The van der Waals surface area contributed by atoms with Crippen molar-refractivity contribution in [2.75, 3.05) is 7.11 Å². The second-order valence-corrected chi connectivity index (χ2v) is 5.84. The molecule has 0 saturated heterocycles. The number of rotatable bonds is 5. The lowest BCUT2D eigenvalue weighted by Crippen LogP contribution is -2.45. The van der Waals surface area contributed by atoms with Gasteiger partial charge in [0.1, 0.15) is 11.8 Å². The summed E-state index contributed by atoms with van der Waals surface area (Å²) in [6.45, 7) is 2.63. The smallest absolute Gasteiger partial charge is 0.255 e. The largest absolute Gasteiger partial charge is 0.497 e. The van der Waals surface area contributed by atoms with Crippen molar-refractivity contribution in [2.24, 2.45) is 0 Å². The van der Waals surface area contributed by atoms with Crippen LogP contribution in [-0.4, -0.2) is 29.9 Å². The average molecular weight is 324 g/mol. The van der Waals surface area contributed by atoms with Crippen molar-refractivity contribution in [1.82, 2.24) is 10.2 Å². The van der Waals surface area contributed by atoms with Crippen molar-refractivity contribution in [3.8, 4) is 5.75 Å². The van der Waals surface area contributed by atoms with E-state index in [4.69, 9.17) is 4.74 Å². The number of nitrogens with one attached hydrogen (secondary N) is 1. The van der Waals surface area contributed by atoms with Gasteiger partial charge in [-0.3, -0.25) is 9.59 Å². The highest BCUT2D eigenvalue weighted by Crippen LogP contribution is 2.24. The minimum absolute atomic E-state index is 0.0883. The number of methoxy groups -OCH3 is 1. The summed E-state index contributed by atoms with van der Waals surface area (Å²) in [4.78, 5) is 26.5. The lowest BCUT2D eigenvalue weighted by molar-refractivity contribution is -0.125. The van der Waals surface area contributed by atoms with E-state index in [1.165, 1.54) is 0 Å². The van der Waals surface area contributed by atoms with Crippen LogP contribution in [0.15, 0.2) is 48.5 Å². The molecule has 2 amide bonds. The number of hydrogen-bond acceptors (Lipinski definition) is 3. The third-order valence-corrected chi connectivity index (χ3v) is 4.30. The summed E-state index contributed by atoms with van der Waals surface area (Å²) in [5, 5.41) is 2.89. The maximum absolute atomic E-state index is 12.4. The van der Waals surface area contributed by atoms with Crippen LogP contribution in [-0.2, 0) is 17.9 Å². The predicted molar refractivity (Wildman–Crippen MR) is 90.6 cm³/mol. The van der Waals surface area contributed by atoms with E-state index < -0.39 is 6.04 Å². The first kappa shape index (κ1) is 16.1. The molecule has 5 nitrogen and oxygen atoms in total. The van der Waals surface area contributed by atoms with Crippen LogP contribution in [0.25, 0.3) is 0 Å². The lowest BCUT2D eigenvalue weighted by atomic mass is 10.1. The van der Waals surface area contributed by atoms with Gasteiger partial charge in [0.05, 0.1) is 7.11 Å². The van der Waals surface area contributed by atoms with Gasteiger partial charge in [0.25, 0.3) is 5.91 Å². The van der Waals surface area contributed by atoms with Crippen LogP contribution in [0, 0.1) is 0 Å². The van der Waals surface area contributed by atoms with Gasteiger partial charge in [-0.2, -0.15) is 0 Å². The second-order valence-electron chi connectivity index (χ2n) is 5.84. The van der Waals surface area contributed by atoms with Crippen LogP contribution in [0.2, 0.25) is 0 Å². The minimum atomic E-state index is -0.518. The zero-order valence-corrected chi connectivity index (χ0v) is 13.8. The summed E-state index contributed by atoms with van der Waals surface area (Å²) >= 11 is 0. The second kappa shape index (κ2) is 6.74. The fourth-order valence-corrected chi connectivity index (χ4v) is 2.85. The minimum Gasteiger partial charge on any atom is -0.497 e. The zero-order valence-electron chi connectivity index (χ0n) is 13.8. The molecular weight excluding hydrogens is 304 g/mol. The quantitative estimate of drug-likeness (QED) is 0.918. The molecule has 0 aromatic heterocycles. The molecule has 1 aliphatic heterocycles. The third-order valence-electron chi connectivity index (χ3n) is 4.30. The molecule has 2 aromatic rings. The Morgan fingerprint density at radius 1 is 1.25 bits per heavy atom. The van der Waals surface area contributed by atoms with Crippen LogP contribution < -0.4 is 10.1 Å². The van der Waals surface area contributed by atoms with E-state index in [1.54, 1.807) is 25.0 Å². The van der Waals surface area contributed by atoms with E-state index in [1.807, 2.05) is 42.5 Å². The molecule has 1 aliphatic rings. The molecule has 0 fully saturated rings. The monoisotopic (exact) mass is 324 g/mol. The Morgan fingerprint density at radius 2 is 2.04 bits per heavy atom. The molecule has 0 spiro atoms. The van der Waals surface area contributed by atoms with E-state index in [-0.39, 0.29) is 11.8 Å². The Bertz CT molecular complexity index is 773. The summed E-state index contributed by atoms with van der Waals surface area (Å²) in [5.74, 6) is 0.494. The molecule has 124 valence electrons. The highest BCUT2D eigenvalue weighted by Gasteiger charge is 2.33. The lowest BCUT2D eigenvalue weighted by Gasteiger charge is -2.23. The molecule has 0 bridgehead atoms. The molecule has 0 unspecified atom stereocenters. The molecule has 3 rings (SSSR count). The Balaban J connectivity index is 1.62. The van der Waals surface area contributed by atoms with Crippen molar-refractivity contribution in [2.45, 2.75) is 26.1 Å². The average Bonchev–Trinajstić information content (AvgIpc) is 2.96. The SMILES string of the molecule is COc1cccc(CNC(=O)[C@@H](C)N2Cc3ccccc3C2=O)c1. The topological polar surface area (TPSA) is 58.6 Å². The third kappa shape index (κ3) is 3.11. The van der Waals surface area contributed by atoms with Gasteiger partial charge < -0.3 is 15.0 Å². The van der Waals surface area contributed by atoms with Crippen molar-refractivity contribution in [3.63, 3.8) is 0 Å². The normalized spacial score (nSPS) is 14.2. The molecule has 1 N–H and O–H groups in total. The molecule has 24 heavy (non-hydrogen) atoms.